The molecule has 2 aromatic heterocycles. The van der Waals surface area contributed by atoms with E-state index in [0.29, 0.717) is 28.2 Å². The van der Waals surface area contributed by atoms with Gasteiger partial charge < -0.3 is 15.2 Å². The summed E-state index contributed by atoms with van der Waals surface area (Å²) in [5.74, 6) is -1.07. The van der Waals surface area contributed by atoms with E-state index in [1.54, 1.807) is 6.07 Å². The summed E-state index contributed by atoms with van der Waals surface area (Å²) in [5, 5.41) is 18.6. The fourth-order valence-corrected chi connectivity index (χ4v) is 3.65. The van der Waals surface area contributed by atoms with Crippen molar-refractivity contribution in [2.75, 3.05) is 12.4 Å². The third-order valence-electron chi connectivity index (χ3n) is 5.40. The molecule has 1 saturated carbocycles. The highest BCUT2D eigenvalue weighted by molar-refractivity contribution is 6.13. The highest BCUT2D eigenvalue weighted by Crippen LogP contribution is 2.41. The Labute approximate surface area is 180 Å². The maximum atomic E-state index is 13.3. The molecule has 0 aliphatic heterocycles. The number of rotatable bonds is 4. The molecule has 162 valence electrons. The molecule has 2 N–H and O–H groups in total. The summed E-state index contributed by atoms with van der Waals surface area (Å²) >= 11 is 0. The topological polar surface area (TPSA) is 106 Å². The van der Waals surface area contributed by atoms with Gasteiger partial charge in [0.05, 0.1) is 35.0 Å². The monoisotopic (exact) mass is 422 g/mol. The maximum absolute atomic E-state index is 13.3. The van der Waals surface area contributed by atoms with Crippen LogP contribution < -0.4 is 5.32 Å². The number of aromatic nitrogens is 3. The fourth-order valence-electron chi connectivity index (χ4n) is 3.65. The first-order valence-electron chi connectivity index (χ1n) is 10.2. The first-order valence-corrected chi connectivity index (χ1v) is 10.2. The van der Waals surface area contributed by atoms with E-state index in [1.165, 1.54) is 19.2 Å². The number of aryl methyl sites for hydroxylation is 1. The lowest BCUT2D eigenvalue weighted by molar-refractivity contribution is 0.0597. The summed E-state index contributed by atoms with van der Waals surface area (Å²) in [6, 6.07) is 6.36. The van der Waals surface area contributed by atoms with Gasteiger partial charge in [-0.15, -0.1) is 0 Å². The van der Waals surface area contributed by atoms with Crippen LogP contribution in [-0.2, 0) is 10.3 Å². The summed E-state index contributed by atoms with van der Waals surface area (Å²) in [6.07, 6.45) is 2.09. The zero-order valence-corrected chi connectivity index (χ0v) is 18.3. The number of amides is 1. The molecule has 31 heavy (non-hydrogen) atoms. The number of anilines is 1. The van der Waals surface area contributed by atoms with Crippen molar-refractivity contribution >= 4 is 28.6 Å². The van der Waals surface area contributed by atoms with Gasteiger partial charge in [-0.05, 0) is 58.7 Å². The van der Waals surface area contributed by atoms with Crippen molar-refractivity contribution in [2.24, 2.45) is 0 Å². The van der Waals surface area contributed by atoms with E-state index in [0.717, 1.165) is 18.5 Å². The van der Waals surface area contributed by atoms with Crippen molar-refractivity contribution in [1.82, 2.24) is 14.8 Å². The molecule has 8 nitrogen and oxygen atoms in total. The van der Waals surface area contributed by atoms with E-state index in [4.69, 9.17) is 4.98 Å². The van der Waals surface area contributed by atoms with Crippen LogP contribution >= 0.6 is 0 Å². The Balaban J connectivity index is 1.82. The van der Waals surface area contributed by atoms with Crippen LogP contribution in [0.2, 0.25) is 0 Å². The highest BCUT2D eigenvalue weighted by Gasteiger charge is 2.30. The number of benzene rings is 1. The third kappa shape index (κ3) is 3.73. The number of carbonyl (C=O) groups excluding carboxylic acids is 2. The van der Waals surface area contributed by atoms with Gasteiger partial charge >= 0.3 is 5.97 Å². The first-order chi connectivity index (χ1) is 14.6. The molecule has 4 rings (SSSR count). The van der Waals surface area contributed by atoms with Gasteiger partial charge in [0.25, 0.3) is 5.91 Å². The van der Waals surface area contributed by atoms with Crippen LogP contribution in [0.3, 0.4) is 0 Å². The van der Waals surface area contributed by atoms with Crippen molar-refractivity contribution in [3.05, 3.63) is 46.8 Å². The lowest BCUT2D eigenvalue weighted by Crippen LogP contribution is -2.23. The molecule has 1 fully saturated rings. The van der Waals surface area contributed by atoms with E-state index in [-0.39, 0.29) is 22.5 Å². The van der Waals surface area contributed by atoms with Gasteiger partial charge in [0.1, 0.15) is 5.56 Å². The first kappa shape index (κ1) is 20.8. The number of pyridine rings is 1. The molecule has 0 atom stereocenters. The molecule has 1 amide bonds. The normalized spacial score (nSPS) is 14.0. The predicted octanol–water partition coefficient (Wildman–Crippen LogP) is 4.12. The third-order valence-corrected chi connectivity index (χ3v) is 5.40. The summed E-state index contributed by atoms with van der Waals surface area (Å²) in [5.41, 5.74) is 2.51. The van der Waals surface area contributed by atoms with Gasteiger partial charge in [-0.1, -0.05) is 6.07 Å². The van der Waals surface area contributed by atoms with Crippen LogP contribution in [0.4, 0.5) is 5.69 Å². The molecule has 1 aromatic carbocycles. The zero-order valence-electron chi connectivity index (χ0n) is 18.3. The van der Waals surface area contributed by atoms with Gasteiger partial charge in [0.2, 0.25) is 0 Å². The minimum absolute atomic E-state index is 0.0180. The smallest absolute Gasteiger partial charge is 0.341 e. The number of hydrogen-bond acceptors (Lipinski definition) is 6. The molecule has 3 aromatic rings. The fraction of sp³-hybridized carbons (Fsp3) is 0.391. The quantitative estimate of drug-likeness (QED) is 0.484. The molecule has 0 saturated heterocycles. The number of esters is 1. The van der Waals surface area contributed by atoms with Gasteiger partial charge in [0, 0.05) is 11.6 Å². The Morgan fingerprint density at radius 1 is 1.23 bits per heavy atom. The van der Waals surface area contributed by atoms with E-state index in [1.807, 2.05) is 38.4 Å². The van der Waals surface area contributed by atoms with Crippen molar-refractivity contribution < 1.29 is 19.4 Å². The molecule has 2 heterocycles. The lowest BCUT2D eigenvalue weighted by Gasteiger charge is -2.20. The maximum Gasteiger partial charge on any atom is 0.341 e. The second kappa shape index (κ2) is 7.37. The highest BCUT2D eigenvalue weighted by atomic mass is 16.5. The van der Waals surface area contributed by atoms with E-state index in [2.05, 4.69) is 15.2 Å². The average Bonchev–Trinajstić information content (AvgIpc) is 3.51. The van der Waals surface area contributed by atoms with Gasteiger partial charge in [0.15, 0.2) is 11.4 Å². The molecule has 0 bridgehead atoms. The van der Waals surface area contributed by atoms with Crippen LogP contribution in [0.25, 0.3) is 11.0 Å². The van der Waals surface area contributed by atoms with Crippen LogP contribution in [-0.4, -0.2) is 38.9 Å². The number of methoxy groups -OCH3 is 1. The SMILES string of the molecule is COC(=O)c1cccc(NC(=O)c2cc(C3CC3)nc3c2c(C)nn3C(C)(C)C)c1O. The lowest BCUT2D eigenvalue weighted by atomic mass is 10.1. The average molecular weight is 422 g/mol. The summed E-state index contributed by atoms with van der Waals surface area (Å²) in [7, 11) is 1.23. The summed E-state index contributed by atoms with van der Waals surface area (Å²) in [4.78, 5) is 30.1. The van der Waals surface area contributed by atoms with E-state index >= 15 is 0 Å². The molecular weight excluding hydrogens is 396 g/mol. The number of fused-ring (bicyclic) bond motifs is 1. The Morgan fingerprint density at radius 3 is 2.55 bits per heavy atom. The largest absolute Gasteiger partial charge is 0.505 e. The van der Waals surface area contributed by atoms with Crippen molar-refractivity contribution in [3.63, 3.8) is 0 Å². The molecule has 0 unspecified atom stereocenters. The Hall–Kier alpha value is -3.42. The molecule has 8 heteroatoms. The summed E-state index contributed by atoms with van der Waals surface area (Å²) in [6.45, 7) is 7.98. The van der Waals surface area contributed by atoms with Crippen molar-refractivity contribution in [2.45, 2.75) is 52.0 Å². The van der Waals surface area contributed by atoms with Crippen LogP contribution in [0, 0.1) is 6.92 Å². The second-order valence-corrected chi connectivity index (χ2v) is 8.88. The number of ether oxygens (including phenoxy) is 1. The number of phenols is 1. The minimum atomic E-state index is -0.682. The molecule has 1 aliphatic rings. The number of carbonyl (C=O) groups is 2. The standard InChI is InChI=1S/C23H26N4O4/c1-12-18-15(21(29)25-16-8-6-7-14(19(16)28)22(30)31-5)11-17(13-9-10-13)24-20(18)27(26-12)23(2,3)4/h6-8,11,13,28H,9-10H2,1-5H3,(H,25,29). The zero-order chi connectivity index (χ0) is 22.5. The number of hydrogen-bond donors (Lipinski definition) is 2. The number of nitrogens with one attached hydrogen (secondary N) is 1. The minimum Gasteiger partial charge on any atom is -0.505 e. The molecular formula is C23H26N4O4. The Kier molecular flexibility index (Phi) is 4.95. The molecule has 0 spiro atoms. The number of phenolic OH excluding ortho intramolecular Hbond substituents is 1. The second-order valence-electron chi connectivity index (χ2n) is 8.88. The number of nitrogens with zero attached hydrogens (tertiary/aromatic N) is 3. The number of para-hydroxylation sites is 1. The van der Waals surface area contributed by atoms with E-state index < -0.39 is 11.9 Å². The van der Waals surface area contributed by atoms with Crippen LogP contribution in [0.1, 0.15) is 71.6 Å². The molecule has 1 aliphatic carbocycles. The summed E-state index contributed by atoms with van der Waals surface area (Å²) < 4.78 is 6.54. The Bertz CT molecular complexity index is 1200. The molecule has 0 radical (unpaired) electrons. The van der Waals surface area contributed by atoms with Crippen LogP contribution in [0.5, 0.6) is 5.75 Å². The Morgan fingerprint density at radius 2 is 1.94 bits per heavy atom. The van der Waals surface area contributed by atoms with Crippen LogP contribution in [0.15, 0.2) is 24.3 Å². The predicted molar refractivity (Wildman–Crippen MR) is 117 cm³/mol. The number of aromatic hydroxyl groups is 1. The van der Waals surface area contributed by atoms with Crippen molar-refractivity contribution in [1.29, 1.82) is 0 Å². The van der Waals surface area contributed by atoms with E-state index in [9.17, 15) is 14.7 Å². The van der Waals surface area contributed by atoms with Gasteiger partial charge in [-0.3, -0.25) is 4.79 Å². The van der Waals surface area contributed by atoms with Gasteiger partial charge in [-0.25, -0.2) is 14.5 Å². The van der Waals surface area contributed by atoms with Crippen molar-refractivity contribution in [3.8, 4) is 5.75 Å². The van der Waals surface area contributed by atoms with Gasteiger partial charge in [-0.2, -0.15) is 5.10 Å².